The second-order valence-electron chi connectivity index (χ2n) is 8.79. The van der Waals surface area contributed by atoms with Gasteiger partial charge in [-0.2, -0.15) is 14.7 Å². The predicted octanol–water partition coefficient (Wildman–Crippen LogP) is 4.66. The lowest BCUT2D eigenvalue weighted by molar-refractivity contribution is 0.477. The van der Waals surface area contributed by atoms with Crippen molar-refractivity contribution in [3.05, 3.63) is 102 Å². The Morgan fingerprint density at radius 1 is 0.842 bits per heavy atom. The maximum Gasteiger partial charge on any atom is 0.243 e. The Hall–Kier alpha value is -4.04. The van der Waals surface area contributed by atoms with Gasteiger partial charge in [-0.1, -0.05) is 48.5 Å². The van der Waals surface area contributed by atoms with Crippen molar-refractivity contribution in [1.82, 2.24) is 14.1 Å². The smallest absolute Gasteiger partial charge is 0.240 e. The summed E-state index contributed by atoms with van der Waals surface area (Å²) >= 11 is 0. The van der Waals surface area contributed by atoms with Gasteiger partial charge in [-0.05, 0) is 55.3 Å². The zero-order valence-corrected chi connectivity index (χ0v) is 21.9. The van der Waals surface area contributed by atoms with Crippen molar-refractivity contribution in [3.8, 4) is 23.0 Å². The van der Waals surface area contributed by atoms with Crippen LogP contribution in [0, 0.1) is 11.3 Å². The summed E-state index contributed by atoms with van der Waals surface area (Å²) in [6.07, 6.45) is 4.56. The van der Waals surface area contributed by atoms with E-state index in [2.05, 4.69) is 5.10 Å². The third-order valence-electron chi connectivity index (χ3n) is 6.31. The van der Waals surface area contributed by atoms with Gasteiger partial charge in [0.1, 0.15) is 16.7 Å². The lowest BCUT2D eigenvalue weighted by Gasteiger charge is -2.16. The fourth-order valence-electron chi connectivity index (χ4n) is 4.35. The topological polar surface area (TPSA) is 113 Å². The molecule has 192 valence electrons. The first-order chi connectivity index (χ1) is 18.3. The van der Waals surface area contributed by atoms with Crippen molar-refractivity contribution >= 4 is 25.9 Å². The van der Waals surface area contributed by atoms with Crippen LogP contribution in [0.1, 0.15) is 18.4 Å². The van der Waals surface area contributed by atoms with Crippen LogP contribution in [0.15, 0.2) is 106 Å². The highest BCUT2D eigenvalue weighted by molar-refractivity contribution is 7.95. The number of rotatable bonds is 7. The molecular weight excluding hydrogens is 520 g/mol. The van der Waals surface area contributed by atoms with Crippen LogP contribution in [0.2, 0.25) is 0 Å². The molecule has 0 radical (unpaired) electrons. The number of sulfonamides is 1. The van der Waals surface area contributed by atoms with Crippen molar-refractivity contribution in [1.29, 1.82) is 5.26 Å². The Morgan fingerprint density at radius 2 is 1.47 bits per heavy atom. The molecule has 0 N–H and O–H groups in total. The van der Waals surface area contributed by atoms with Crippen LogP contribution in [-0.4, -0.2) is 44.0 Å². The van der Waals surface area contributed by atoms with Gasteiger partial charge in [-0.25, -0.2) is 21.5 Å². The number of nitriles is 1. The van der Waals surface area contributed by atoms with Crippen LogP contribution in [-0.2, 0) is 19.9 Å². The third-order valence-corrected chi connectivity index (χ3v) is 9.89. The minimum atomic E-state index is -4.09. The Balaban J connectivity index is 1.66. The van der Waals surface area contributed by atoms with Crippen LogP contribution < -0.4 is 0 Å². The summed E-state index contributed by atoms with van der Waals surface area (Å²) in [5, 5.41) is 14.5. The number of hydrogen-bond acceptors (Lipinski definition) is 6. The lowest BCUT2D eigenvalue weighted by Crippen LogP contribution is -2.27. The van der Waals surface area contributed by atoms with Gasteiger partial charge in [0.15, 0.2) is 0 Å². The SMILES string of the molecule is N#C/C(=C/c1cn(-c2ccccc2)nc1-c1cccc(S(=O)(=O)N2CCCC2)c1)S(=O)(=O)c1ccccc1. The van der Waals surface area contributed by atoms with Gasteiger partial charge in [0.25, 0.3) is 0 Å². The average molecular weight is 545 g/mol. The van der Waals surface area contributed by atoms with Crippen molar-refractivity contribution in [2.24, 2.45) is 0 Å². The molecule has 1 aromatic heterocycles. The number of allylic oxidation sites excluding steroid dienone is 1. The molecule has 0 amide bonds. The van der Waals surface area contributed by atoms with E-state index in [9.17, 15) is 22.1 Å². The third kappa shape index (κ3) is 4.91. The standard InChI is InChI=1S/C28H24N4O4S2/c29-20-27(37(33,34)25-13-5-2-6-14-25)19-23-21-32(24-11-3-1-4-12-24)30-28(23)22-10-9-15-26(18-22)38(35,36)31-16-7-8-17-31/h1-6,9-15,18-19,21H,7-8,16-17H2/b27-19-. The van der Waals surface area contributed by atoms with Gasteiger partial charge < -0.3 is 0 Å². The fourth-order valence-corrected chi connectivity index (χ4v) is 7.08. The van der Waals surface area contributed by atoms with E-state index in [1.807, 2.05) is 36.4 Å². The van der Waals surface area contributed by atoms with Crippen molar-refractivity contribution in [2.45, 2.75) is 22.6 Å². The molecule has 1 fully saturated rings. The molecule has 0 atom stereocenters. The van der Waals surface area contributed by atoms with Gasteiger partial charge in [0.2, 0.25) is 19.9 Å². The van der Waals surface area contributed by atoms with Crippen molar-refractivity contribution in [3.63, 3.8) is 0 Å². The largest absolute Gasteiger partial charge is 0.243 e. The molecule has 4 aromatic rings. The van der Waals surface area contributed by atoms with Crippen LogP contribution >= 0.6 is 0 Å². The quantitative estimate of drug-likeness (QED) is 0.313. The molecule has 1 aliphatic heterocycles. The molecule has 0 bridgehead atoms. The minimum Gasteiger partial charge on any atom is -0.240 e. The molecule has 0 unspecified atom stereocenters. The molecule has 1 saturated heterocycles. The van der Waals surface area contributed by atoms with E-state index >= 15 is 0 Å². The number of hydrogen-bond donors (Lipinski definition) is 0. The molecule has 10 heteroatoms. The van der Waals surface area contributed by atoms with E-state index in [1.54, 1.807) is 53.3 Å². The van der Waals surface area contributed by atoms with E-state index in [0.29, 0.717) is 29.9 Å². The molecule has 0 aliphatic carbocycles. The normalized spacial score (nSPS) is 14.9. The van der Waals surface area contributed by atoms with E-state index in [-0.39, 0.29) is 9.79 Å². The van der Waals surface area contributed by atoms with Crippen LogP contribution in [0.4, 0.5) is 0 Å². The van der Waals surface area contributed by atoms with Crippen LogP contribution in [0.25, 0.3) is 23.0 Å². The first-order valence-corrected chi connectivity index (χ1v) is 14.9. The molecule has 2 heterocycles. The Morgan fingerprint density at radius 3 is 2.13 bits per heavy atom. The van der Waals surface area contributed by atoms with E-state index in [4.69, 9.17) is 0 Å². The summed E-state index contributed by atoms with van der Waals surface area (Å²) in [7, 11) is -7.77. The first-order valence-electron chi connectivity index (χ1n) is 12.0. The number of aromatic nitrogens is 2. The Labute approximate surface area is 222 Å². The maximum absolute atomic E-state index is 13.2. The second kappa shape index (κ2) is 10.4. The highest BCUT2D eigenvalue weighted by Crippen LogP contribution is 2.31. The molecule has 5 rings (SSSR count). The summed E-state index contributed by atoms with van der Waals surface area (Å²) in [6.45, 7) is 0.956. The highest BCUT2D eigenvalue weighted by atomic mass is 32.2. The van der Waals surface area contributed by atoms with E-state index in [0.717, 1.165) is 18.5 Å². The van der Waals surface area contributed by atoms with Crippen LogP contribution in [0.5, 0.6) is 0 Å². The highest BCUT2D eigenvalue weighted by Gasteiger charge is 2.28. The molecule has 1 aliphatic rings. The molecule has 0 spiro atoms. The van der Waals surface area contributed by atoms with Gasteiger partial charge in [-0.15, -0.1) is 0 Å². The summed E-state index contributed by atoms with van der Waals surface area (Å²) in [4.78, 5) is -0.305. The Bertz CT molecular complexity index is 1750. The van der Waals surface area contributed by atoms with Gasteiger partial charge in [0.05, 0.1) is 15.5 Å². The van der Waals surface area contributed by atoms with Gasteiger partial charge >= 0.3 is 0 Å². The summed E-state index contributed by atoms with van der Waals surface area (Å²) in [5.41, 5.74) is 1.92. The van der Waals surface area contributed by atoms with E-state index < -0.39 is 24.8 Å². The number of nitrogens with zero attached hydrogens (tertiary/aromatic N) is 4. The second-order valence-corrected chi connectivity index (χ2v) is 12.6. The molecule has 38 heavy (non-hydrogen) atoms. The van der Waals surface area contributed by atoms with Crippen LogP contribution in [0.3, 0.4) is 0 Å². The molecule has 8 nitrogen and oxygen atoms in total. The summed E-state index contributed by atoms with van der Waals surface area (Å²) in [5.74, 6) is 0. The van der Waals surface area contributed by atoms with E-state index in [1.165, 1.54) is 22.5 Å². The van der Waals surface area contributed by atoms with Crippen molar-refractivity contribution in [2.75, 3.05) is 13.1 Å². The summed E-state index contributed by atoms with van der Waals surface area (Å²) < 4.78 is 55.9. The first kappa shape index (κ1) is 25.6. The maximum atomic E-state index is 13.2. The average Bonchev–Trinajstić information content (AvgIpc) is 3.64. The molecule has 3 aromatic carbocycles. The monoisotopic (exact) mass is 544 g/mol. The minimum absolute atomic E-state index is 0.00325. The van der Waals surface area contributed by atoms with Gasteiger partial charge in [-0.3, -0.25) is 0 Å². The molecular formula is C28H24N4O4S2. The number of para-hydroxylation sites is 1. The molecule has 0 saturated carbocycles. The number of sulfone groups is 1. The zero-order valence-electron chi connectivity index (χ0n) is 20.3. The van der Waals surface area contributed by atoms with Crippen molar-refractivity contribution < 1.29 is 16.8 Å². The number of benzene rings is 3. The predicted molar refractivity (Wildman–Crippen MR) is 144 cm³/mol. The van der Waals surface area contributed by atoms with Gasteiger partial charge in [0, 0.05) is 30.4 Å². The summed E-state index contributed by atoms with van der Waals surface area (Å²) in [6, 6.07) is 25.2. The zero-order chi connectivity index (χ0) is 26.8. The Kier molecular flexibility index (Phi) is 6.99. The fraction of sp³-hybridized carbons (Fsp3) is 0.143. The lowest BCUT2D eigenvalue weighted by atomic mass is 10.1.